The van der Waals surface area contributed by atoms with Crippen LogP contribution in [0.1, 0.15) is 59.2 Å². The Kier molecular flexibility index (Phi) is 2.74. The Morgan fingerprint density at radius 2 is 1.88 bits per heavy atom. The quantitative estimate of drug-likeness (QED) is 0.665. The van der Waals surface area contributed by atoms with Gasteiger partial charge in [-0.3, -0.25) is 0 Å². The van der Waals surface area contributed by atoms with E-state index < -0.39 is 99.8 Å². The number of methoxy groups -OCH3 is 2. The highest BCUT2D eigenvalue weighted by atomic mass is 16.5. The van der Waals surface area contributed by atoms with E-state index in [4.69, 9.17) is 32.8 Å². The molecule has 2 aromatic carbocycles. The van der Waals surface area contributed by atoms with Crippen LogP contribution in [0.15, 0.2) is 36.3 Å². The van der Waals surface area contributed by atoms with Gasteiger partial charge in [-0.15, -0.1) is 0 Å². The van der Waals surface area contributed by atoms with Crippen molar-refractivity contribution in [3.05, 3.63) is 52.9 Å². The second-order valence-electron chi connectivity index (χ2n) is 5.25. The Bertz CT molecular complexity index is 1340. The molecule has 2 rings (SSSR count). The molecule has 142 valence electrons. The second kappa shape index (κ2) is 10.1. The first-order valence-corrected chi connectivity index (χ1v) is 7.66. The Morgan fingerprint density at radius 1 is 1.08 bits per heavy atom. The van der Waals surface area contributed by atoms with Crippen LogP contribution in [-0.2, 0) is 6.42 Å². The standard InChI is InChI=1S/C22H30O4/c1-16-9-11-20(13-17(16)2)26-15-19(23)8-6-5-7-18-10-12-21(24-3)22(14-18)25-4/h9-14,19,23H,5-8,15H2,1-4H3/i3D3,4D3,8D2,9D,10D,11D,12D,13D,14D,15D2,19D. The number of hydrogen-bond donors (Lipinski definition) is 1. The van der Waals surface area contributed by atoms with Crippen LogP contribution in [0.2, 0.25) is 0 Å². The van der Waals surface area contributed by atoms with Crippen molar-refractivity contribution in [3.63, 3.8) is 0 Å². The van der Waals surface area contributed by atoms with Crippen molar-refractivity contribution in [1.29, 1.82) is 0 Å². The summed E-state index contributed by atoms with van der Waals surface area (Å²) in [6, 6.07) is -4.09. The van der Waals surface area contributed by atoms with Crippen LogP contribution < -0.4 is 14.2 Å². The SMILES string of the molecule is [2H]c1c([2H])c(OC([2H])([2H])C([2H])(O)C([2H])([2H])CCCc2c([2H])c([2H])c(OC([2H])([2H])[2H])c(OC([2H])([2H])[2H])c2[2H])c([2H])c(C)c1C. The number of rotatable bonds is 10. The second-order valence-corrected chi connectivity index (χ2v) is 5.25. The Morgan fingerprint density at radius 3 is 2.69 bits per heavy atom. The molecule has 0 aliphatic heterocycles. The Labute approximate surface area is 180 Å². The third-order valence-corrected chi connectivity index (χ3v) is 3.37. The maximum absolute atomic E-state index is 10.7. The van der Waals surface area contributed by atoms with E-state index in [9.17, 15) is 5.11 Å². The molecule has 2 aromatic rings. The van der Waals surface area contributed by atoms with Gasteiger partial charge in [0, 0.05) is 2.74 Å². The van der Waals surface area contributed by atoms with Crippen molar-refractivity contribution in [2.24, 2.45) is 0 Å². The molecule has 0 aliphatic rings. The third kappa shape index (κ3) is 5.95. The van der Waals surface area contributed by atoms with E-state index in [1.54, 1.807) is 0 Å². The van der Waals surface area contributed by atoms with Gasteiger partial charge in [0.1, 0.15) is 12.3 Å². The van der Waals surface area contributed by atoms with Crippen molar-refractivity contribution in [2.75, 3.05) is 20.6 Å². The zero-order valence-electron chi connectivity index (χ0n) is 31.3. The fourth-order valence-electron chi connectivity index (χ4n) is 1.88. The van der Waals surface area contributed by atoms with Crippen LogP contribution in [0.4, 0.5) is 0 Å². The summed E-state index contributed by atoms with van der Waals surface area (Å²) in [6.45, 7) is -0.684. The molecule has 0 amide bonds. The van der Waals surface area contributed by atoms with Gasteiger partial charge in [0.25, 0.3) is 0 Å². The minimum Gasteiger partial charge on any atom is -0.493 e. The summed E-state index contributed by atoms with van der Waals surface area (Å²) in [4.78, 5) is 0. The van der Waals surface area contributed by atoms with E-state index in [2.05, 4.69) is 4.74 Å². The lowest BCUT2D eigenvalue weighted by atomic mass is 10.0. The molecule has 0 heterocycles. The van der Waals surface area contributed by atoms with Gasteiger partial charge in [-0.2, -0.15) is 0 Å². The van der Waals surface area contributed by atoms with Crippen molar-refractivity contribution < 1.29 is 42.6 Å². The van der Waals surface area contributed by atoms with Gasteiger partial charge < -0.3 is 19.3 Å². The summed E-state index contributed by atoms with van der Waals surface area (Å²) in [5.74, 6) is -2.72. The first-order chi connectivity index (χ1) is 19.2. The lowest BCUT2D eigenvalue weighted by Gasteiger charge is -2.13. The van der Waals surface area contributed by atoms with E-state index >= 15 is 0 Å². The normalized spacial score (nSPS) is 24.7. The molecule has 4 nitrogen and oxygen atoms in total. The average molecular weight is 376 g/mol. The first kappa shape index (κ1) is 7.08. The number of ether oxygens (including phenoxy) is 3. The van der Waals surface area contributed by atoms with Crippen molar-refractivity contribution >= 4 is 0 Å². The van der Waals surface area contributed by atoms with Crippen LogP contribution in [0.3, 0.4) is 0 Å². The molecule has 0 saturated heterocycles. The highest BCUT2D eigenvalue weighted by molar-refractivity contribution is 5.42. The summed E-state index contributed by atoms with van der Waals surface area (Å²) < 4.78 is 148. The predicted molar refractivity (Wildman–Crippen MR) is 105 cm³/mol. The Balaban J connectivity index is 2.41. The van der Waals surface area contributed by atoms with Gasteiger partial charge in [0.15, 0.2) is 11.5 Å². The van der Waals surface area contributed by atoms with Crippen LogP contribution in [0.5, 0.6) is 17.2 Å². The molecule has 0 aliphatic carbocycles. The molecule has 0 spiro atoms. The average Bonchev–Trinajstić information content (AvgIpc) is 2.85. The first-order valence-electron chi connectivity index (χ1n) is 16.2. The maximum Gasteiger partial charge on any atom is 0.160 e. The summed E-state index contributed by atoms with van der Waals surface area (Å²) in [7, 11) is -6.41. The van der Waals surface area contributed by atoms with Gasteiger partial charge in [-0.1, -0.05) is 18.5 Å². The summed E-state index contributed by atoms with van der Waals surface area (Å²) >= 11 is 0. The zero-order valence-corrected chi connectivity index (χ0v) is 14.3. The molecule has 0 fully saturated rings. The van der Waals surface area contributed by atoms with Crippen LogP contribution in [-0.4, -0.2) is 31.8 Å². The molecular formula is C22H30O4. The van der Waals surface area contributed by atoms with Gasteiger partial charge in [-0.25, -0.2) is 0 Å². The lowest BCUT2D eigenvalue weighted by Crippen LogP contribution is -2.17. The fourth-order valence-corrected chi connectivity index (χ4v) is 1.88. The molecule has 0 bridgehead atoms. The summed E-state index contributed by atoms with van der Waals surface area (Å²) in [5.41, 5.74) is 0.0521. The fraction of sp³-hybridized carbons (Fsp3) is 0.455. The molecule has 1 N–H and O–H groups in total. The highest BCUT2D eigenvalue weighted by Crippen LogP contribution is 2.28. The maximum atomic E-state index is 10.7. The van der Waals surface area contributed by atoms with Gasteiger partial charge in [0.05, 0.1) is 40.7 Å². The number of hydrogen-bond acceptors (Lipinski definition) is 4. The van der Waals surface area contributed by atoms with E-state index in [1.807, 2.05) is 0 Å². The largest absolute Gasteiger partial charge is 0.493 e. The van der Waals surface area contributed by atoms with E-state index in [0.29, 0.717) is 0 Å². The molecule has 0 radical (unpaired) electrons. The molecule has 0 aromatic heterocycles. The van der Waals surface area contributed by atoms with Gasteiger partial charge in [-0.05, 0) is 73.9 Å². The minimum absolute atomic E-state index is 0.173. The van der Waals surface area contributed by atoms with E-state index in [1.165, 1.54) is 13.8 Å². The summed E-state index contributed by atoms with van der Waals surface area (Å²) in [5, 5.41) is 10.7. The van der Waals surface area contributed by atoms with E-state index in [-0.39, 0.29) is 22.7 Å². The zero-order chi connectivity index (χ0) is 33.7. The lowest BCUT2D eigenvalue weighted by molar-refractivity contribution is 0.0976. The molecule has 26 heavy (non-hydrogen) atoms. The highest BCUT2D eigenvalue weighted by Gasteiger charge is 2.07. The predicted octanol–water partition coefficient (Wildman–Crippen LogP) is 4.47. The molecule has 1 unspecified atom stereocenters. The van der Waals surface area contributed by atoms with Gasteiger partial charge >= 0.3 is 0 Å². The van der Waals surface area contributed by atoms with Crippen LogP contribution in [0.25, 0.3) is 0 Å². The molecular weight excluding hydrogens is 328 g/mol. The molecule has 1 atom stereocenters. The molecule has 0 saturated carbocycles. The van der Waals surface area contributed by atoms with Gasteiger partial charge in [0.2, 0.25) is 0 Å². The number of benzene rings is 2. The molecule has 4 heteroatoms. The Hall–Kier alpha value is -2.20. The minimum atomic E-state index is -3.68. The van der Waals surface area contributed by atoms with Crippen LogP contribution >= 0.6 is 0 Å². The summed E-state index contributed by atoms with van der Waals surface area (Å²) in [6.07, 6.45) is -8.49. The monoisotopic (exact) mass is 375 g/mol. The van der Waals surface area contributed by atoms with Crippen LogP contribution in [0, 0.1) is 13.8 Å². The van der Waals surface area contributed by atoms with Crippen molar-refractivity contribution in [1.82, 2.24) is 0 Å². The number of aliphatic hydroxyl groups is 1. The smallest absolute Gasteiger partial charge is 0.160 e. The van der Waals surface area contributed by atoms with E-state index in [0.717, 1.165) is 0 Å². The topological polar surface area (TPSA) is 47.9 Å². The van der Waals surface area contributed by atoms with Crippen molar-refractivity contribution in [3.8, 4) is 17.2 Å². The third-order valence-electron chi connectivity index (χ3n) is 3.37. The van der Waals surface area contributed by atoms with Crippen molar-refractivity contribution in [2.45, 2.75) is 45.6 Å².